The van der Waals surface area contributed by atoms with Crippen molar-refractivity contribution in [2.24, 2.45) is 5.16 Å². The van der Waals surface area contributed by atoms with Crippen LogP contribution in [-0.2, 0) is 34.4 Å². The van der Waals surface area contributed by atoms with E-state index in [4.69, 9.17) is 20.5 Å². The van der Waals surface area contributed by atoms with Crippen molar-refractivity contribution >= 4 is 69.6 Å². The standard InChI is InChI=1S/C40H32N8O6S2.C2HF3O2/c41-38-44-29(23-56-38)30(46-54-40(26-11-4-1-5-12-26,27-13-6-2-7-14-27)28-15-8-3-9-16-28)33(49)45-31-35(51)48-32(37(52)53)25(22-55-36(31)48)21-24-17-20-47(34(24)50)39-42-18-10-19-43-39;3-2(4,5)1(6)7/h1-16,18-19,21,23,31,36H,17,20,22H2,(H2,41,44)(H,45,49)(H,52,53);(H,6,7)/b24-21+,46-30-;/t31-,36-;/m1./s1. The molecule has 5 N–H and O–H groups in total. The lowest BCUT2D eigenvalue weighted by Gasteiger charge is -2.49. The molecule has 5 aromatic rings. The van der Waals surface area contributed by atoms with Gasteiger partial charge in [-0.1, -0.05) is 96.2 Å². The lowest BCUT2D eigenvalue weighted by Crippen LogP contribution is -2.71. The Morgan fingerprint density at radius 2 is 1.44 bits per heavy atom. The number of anilines is 2. The number of fused-ring (bicyclic) bond motifs is 1. The highest BCUT2D eigenvalue weighted by Gasteiger charge is 2.54. The number of thioether (sulfide) groups is 1. The van der Waals surface area contributed by atoms with Crippen LogP contribution in [0.4, 0.5) is 24.3 Å². The van der Waals surface area contributed by atoms with Crippen molar-refractivity contribution in [3.63, 3.8) is 0 Å². The molecule has 0 spiro atoms. The van der Waals surface area contributed by atoms with Crippen molar-refractivity contribution in [3.05, 3.63) is 160 Å². The highest BCUT2D eigenvalue weighted by molar-refractivity contribution is 8.00. The van der Waals surface area contributed by atoms with Gasteiger partial charge in [0.05, 0.1) is 0 Å². The zero-order valence-electron chi connectivity index (χ0n) is 32.4. The van der Waals surface area contributed by atoms with Crippen LogP contribution < -0.4 is 16.0 Å². The predicted octanol–water partition coefficient (Wildman–Crippen LogP) is 4.96. The molecule has 2 atom stereocenters. The number of nitrogens with one attached hydrogen (secondary N) is 1. The van der Waals surface area contributed by atoms with E-state index in [0.29, 0.717) is 24.1 Å². The number of amides is 3. The smallest absolute Gasteiger partial charge is 0.477 e. The van der Waals surface area contributed by atoms with Gasteiger partial charge in [0.1, 0.15) is 22.8 Å². The number of carboxylic acid groups (broad SMARTS) is 2. The van der Waals surface area contributed by atoms with E-state index in [0.717, 1.165) is 32.9 Å². The van der Waals surface area contributed by atoms with Gasteiger partial charge in [0, 0.05) is 52.3 Å². The molecule has 0 saturated carbocycles. The molecule has 0 unspecified atom stereocenters. The second-order valence-corrected chi connectivity index (χ2v) is 15.6. The molecule has 63 heavy (non-hydrogen) atoms. The Morgan fingerprint density at radius 1 is 0.889 bits per heavy atom. The number of aromatic nitrogens is 3. The fourth-order valence-corrected chi connectivity index (χ4v) is 8.79. The summed E-state index contributed by atoms with van der Waals surface area (Å²) in [7, 11) is 0. The fourth-order valence-electron chi connectivity index (χ4n) is 6.94. The molecule has 322 valence electrons. The lowest BCUT2D eigenvalue weighted by atomic mass is 9.80. The first-order valence-corrected chi connectivity index (χ1v) is 20.6. The summed E-state index contributed by atoms with van der Waals surface area (Å²) in [4.78, 5) is 84.5. The van der Waals surface area contributed by atoms with Gasteiger partial charge >= 0.3 is 18.1 Å². The second kappa shape index (κ2) is 18.3. The number of β-lactam (4-membered cyclic amide) rings is 1. The number of thiazole rings is 1. The van der Waals surface area contributed by atoms with Gasteiger partial charge in [-0.2, -0.15) is 13.2 Å². The fraction of sp³-hybridized carbons (Fsp3) is 0.167. The third-order valence-electron chi connectivity index (χ3n) is 9.79. The number of rotatable bonds is 11. The van der Waals surface area contributed by atoms with Gasteiger partial charge < -0.3 is 26.1 Å². The lowest BCUT2D eigenvalue weighted by molar-refractivity contribution is -0.192. The molecule has 16 nitrogen and oxygen atoms in total. The van der Waals surface area contributed by atoms with Crippen LogP contribution in [0.25, 0.3) is 0 Å². The third kappa shape index (κ3) is 9.00. The van der Waals surface area contributed by atoms with Crippen molar-refractivity contribution in [2.75, 3.05) is 22.9 Å². The Balaban J connectivity index is 0.000000785. The summed E-state index contributed by atoms with van der Waals surface area (Å²) in [5.41, 5.74) is 7.23. The van der Waals surface area contributed by atoms with Crippen LogP contribution in [0.5, 0.6) is 0 Å². The van der Waals surface area contributed by atoms with E-state index < -0.39 is 46.9 Å². The molecule has 2 saturated heterocycles. The number of carbonyl (C=O) groups excluding carboxylic acids is 3. The number of benzene rings is 3. The number of allylic oxidation sites excluding steroid dienone is 1. The van der Waals surface area contributed by atoms with Crippen molar-refractivity contribution in [1.82, 2.24) is 25.2 Å². The highest BCUT2D eigenvalue weighted by Crippen LogP contribution is 2.43. The van der Waals surface area contributed by atoms with E-state index in [-0.39, 0.29) is 39.8 Å². The SMILES string of the molecule is Nc1nc(/C(=N/OC(c2ccccc2)(c2ccccc2)c2ccccc2)C(=O)N[C@@H]2C(=O)N3C(C(=O)O)=C(/C=C4\CCN(c5ncccn5)C4=O)CS[C@H]23)cs1.O=C(O)C(F)(F)F. The predicted molar refractivity (Wildman–Crippen MR) is 224 cm³/mol. The average molecular weight is 899 g/mol. The van der Waals surface area contributed by atoms with Crippen LogP contribution in [0.15, 0.2) is 143 Å². The molecule has 3 aliphatic heterocycles. The van der Waals surface area contributed by atoms with E-state index in [1.165, 1.54) is 35.1 Å². The number of aliphatic carboxylic acids is 2. The summed E-state index contributed by atoms with van der Waals surface area (Å²) >= 11 is 2.37. The van der Waals surface area contributed by atoms with Gasteiger partial charge in [-0.25, -0.2) is 24.5 Å². The van der Waals surface area contributed by atoms with Crippen LogP contribution in [0.1, 0.15) is 28.8 Å². The number of alkyl halides is 3. The van der Waals surface area contributed by atoms with Gasteiger partial charge in [-0.05, 0) is 24.1 Å². The number of nitrogen functional groups attached to an aromatic ring is 1. The molecular formula is C42H33F3N8O8S2. The Labute approximate surface area is 363 Å². The summed E-state index contributed by atoms with van der Waals surface area (Å²) in [5, 5.41) is 25.7. The highest BCUT2D eigenvalue weighted by atomic mass is 32.2. The van der Waals surface area contributed by atoms with Gasteiger partial charge in [0.25, 0.3) is 17.7 Å². The quantitative estimate of drug-likeness (QED) is 0.0452. The Bertz CT molecular complexity index is 2540. The monoisotopic (exact) mass is 898 g/mol. The number of carbonyl (C=O) groups is 5. The van der Waals surface area contributed by atoms with Crippen LogP contribution in [-0.4, -0.2) is 95.3 Å². The molecule has 0 aliphatic carbocycles. The largest absolute Gasteiger partial charge is 0.490 e. The first-order valence-electron chi connectivity index (χ1n) is 18.7. The van der Waals surface area contributed by atoms with Crippen molar-refractivity contribution in [1.29, 1.82) is 0 Å². The second-order valence-electron chi connectivity index (χ2n) is 13.6. The molecule has 3 aliphatic rings. The molecule has 2 aromatic heterocycles. The topological polar surface area (TPSA) is 231 Å². The number of nitrogens with zero attached hydrogens (tertiary/aromatic N) is 6. The number of carboxylic acids is 2. The van der Waals surface area contributed by atoms with E-state index >= 15 is 0 Å². The number of halogens is 3. The van der Waals surface area contributed by atoms with Crippen molar-refractivity contribution < 1.29 is 52.2 Å². The molecule has 0 radical (unpaired) electrons. The van der Waals surface area contributed by atoms with E-state index in [1.807, 2.05) is 91.0 Å². The maximum absolute atomic E-state index is 14.2. The number of oxime groups is 1. The molecular weight excluding hydrogens is 866 g/mol. The summed E-state index contributed by atoms with van der Waals surface area (Å²) in [6, 6.07) is 29.0. The first-order chi connectivity index (χ1) is 30.2. The minimum Gasteiger partial charge on any atom is -0.477 e. The summed E-state index contributed by atoms with van der Waals surface area (Å²) in [6.45, 7) is 0.332. The zero-order chi connectivity index (χ0) is 44.9. The maximum atomic E-state index is 14.2. The van der Waals surface area contributed by atoms with Gasteiger partial charge in [0.2, 0.25) is 11.5 Å². The van der Waals surface area contributed by atoms with Gasteiger partial charge in [-0.3, -0.25) is 24.2 Å². The van der Waals surface area contributed by atoms with E-state index in [1.54, 1.807) is 11.4 Å². The first kappa shape index (κ1) is 43.7. The molecule has 8 rings (SSSR count). The number of nitrogens with two attached hydrogens (primary N) is 1. The summed E-state index contributed by atoms with van der Waals surface area (Å²) < 4.78 is 31.7. The van der Waals surface area contributed by atoms with E-state index in [9.17, 15) is 37.5 Å². The van der Waals surface area contributed by atoms with Crippen LogP contribution in [0.3, 0.4) is 0 Å². The van der Waals surface area contributed by atoms with Crippen LogP contribution >= 0.6 is 23.1 Å². The minimum absolute atomic E-state index is 0.129. The minimum atomic E-state index is -5.08. The summed E-state index contributed by atoms with van der Waals surface area (Å²) in [5.74, 6) is -5.41. The molecule has 3 amide bonds. The van der Waals surface area contributed by atoms with Crippen LogP contribution in [0.2, 0.25) is 0 Å². The van der Waals surface area contributed by atoms with Crippen molar-refractivity contribution in [2.45, 2.75) is 29.6 Å². The number of hydrogen-bond acceptors (Lipinski definition) is 13. The molecule has 5 heterocycles. The summed E-state index contributed by atoms with van der Waals surface area (Å²) in [6.07, 6.45) is -0.136. The Hall–Kier alpha value is -7.39. The van der Waals surface area contributed by atoms with Crippen LogP contribution in [0, 0.1) is 0 Å². The zero-order valence-corrected chi connectivity index (χ0v) is 34.0. The Kier molecular flexibility index (Phi) is 12.7. The van der Waals surface area contributed by atoms with Gasteiger partial charge in [-0.15, -0.1) is 23.1 Å². The molecule has 0 bridgehead atoms. The van der Waals surface area contributed by atoms with Gasteiger partial charge in [0.15, 0.2) is 10.8 Å². The molecule has 2 fully saturated rings. The maximum Gasteiger partial charge on any atom is 0.490 e. The molecule has 3 aromatic carbocycles. The average Bonchev–Trinajstić information content (AvgIpc) is 3.89. The normalized spacial score (nSPS) is 18.3. The Morgan fingerprint density at radius 3 is 1.94 bits per heavy atom. The molecule has 21 heteroatoms. The van der Waals surface area contributed by atoms with Crippen molar-refractivity contribution in [3.8, 4) is 0 Å². The number of hydrogen-bond donors (Lipinski definition) is 4. The van der Waals surface area contributed by atoms with E-state index in [2.05, 4.69) is 25.4 Å². The third-order valence-corrected chi connectivity index (χ3v) is 11.8.